The number of hydrogen-bond acceptors (Lipinski definition) is 3. The zero-order valence-electron chi connectivity index (χ0n) is 26.3. The van der Waals surface area contributed by atoms with Crippen molar-refractivity contribution < 1.29 is 15.0 Å². The van der Waals surface area contributed by atoms with Crippen molar-refractivity contribution in [3.05, 3.63) is 48.6 Å². The third-order valence-electron chi connectivity index (χ3n) is 7.26. The number of amides is 1. The molecule has 0 rings (SSSR count). The van der Waals surface area contributed by atoms with Crippen LogP contribution >= 0.6 is 0 Å². The summed E-state index contributed by atoms with van der Waals surface area (Å²) in [7, 11) is 0. The van der Waals surface area contributed by atoms with E-state index in [0.29, 0.717) is 6.42 Å². The van der Waals surface area contributed by atoms with Crippen LogP contribution < -0.4 is 5.32 Å². The predicted octanol–water partition coefficient (Wildman–Crippen LogP) is 9.67. The van der Waals surface area contributed by atoms with Gasteiger partial charge in [-0.1, -0.05) is 133 Å². The van der Waals surface area contributed by atoms with Crippen LogP contribution in [0.5, 0.6) is 0 Å². The molecule has 0 saturated carbocycles. The van der Waals surface area contributed by atoms with E-state index in [9.17, 15) is 15.0 Å². The molecule has 0 aromatic carbocycles. The van der Waals surface area contributed by atoms with Gasteiger partial charge in [0.25, 0.3) is 0 Å². The Kier molecular flexibility index (Phi) is 30.6. The normalized spacial score (nSPS) is 13.8. The lowest BCUT2D eigenvalue weighted by atomic mass is 10.1. The summed E-state index contributed by atoms with van der Waals surface area (Å²) in [5, 5.41) is 22.7. The molecule has 0 bridgehead atoms. The summed E-state index contributed by atoms with van der Waals surface area (Å²) in [6, 6.07) is -0.657. The monoisotopic (exact) mass is 559 g/mol. The van der Waals surface area contributed by atoms with Gasteiger partial charge in [-0.25, -0.2) is 0 Å². The minimum Gasteiger partial charge on any atom is -0.394 e. The molecule has 0 aliphatic rings. The van der Waals surface area contributed by atoms with E-state index in [2.05, 4.69) is 55.6 Å². The molecule has 0 aromatic heterocycles. The van der Waals surface area contributed by atoms with Gasteiger partial charge in [0.15, 0.2) is 0 Å². The molecule has 0 aromatic rings. The third-order valence-corrected chi connectivity index (χ3v) is 7.26. The van der Waals surface area contributed by atoms with Crippen molar-refractivity contribution >= 4 is 5.91 Å². The first-order valence-electron chi connectivity index (χ1n) is 16.9. The first kappa shape index (κ1) is 38.4. The molecule has 3 N–H and O–H groups in total. The maximum Gasteiger partial charge on any atom is 0.220 e. The second kappa shape index (κ2) is 31.9. The molecule has 0 spiro atoms. The van der Waals surface area contributed by atoms with E-state index in [1.165, 1.54) is 89.9 Å². The number of hydrogen-bond donors (Lipinski definition) is 3. The van der Waals surface area contributed by atoms with Gasteiger partial charge < -0.3 is 15.5 Å². The van der Waals surface area contributed by atoms with Crippen LogP contribution in [-0.2, 0) is 4.79 Å². The summed E-state index contributed by atoms with van der Waals surface area (Å²) >= 11 is 0. The van der Waals surface area contributed by atoms with Crippen LogP contribution in [0.4, 0.5) is 0 Å². The second-order valence-electron chi connectivity index (χ2n) is 11.2. The summed E-state index contributed by atoms with van der Waals surface area (Å²) < 4.78 is 0. The molecule has 0 aliphatic carbocycles. The van der Waals surface area contributed by atoms with Crippen LogP contribution in [0.15, 0.2) is 48.6 Å². The zero-order valence-corrected chi connectivity index (χ0v) is 26.3. The summed E-state index contributed by atoms with van der Waals surface area (Å²) in [6.07, 6.45) is 42.0. The molecule has 0 heterocycles. The lowest BCUT2D eigenvalue weighted by Crippen LogP contribution is -2.45. The Bertz CT molecular complexity index is 652. The number of allylic oxidation sites excluding steroid dienone is 7. The van der Waals surface area contributed by atoms with Gasteiger partial charge in [-0.15, -0.1) is 0 Å². The highest BCUT2D eigenvalue weighted by atomic mass is 16.3. The van der Waals surface area contributed by atoms with Crippen molar-refractivity contribution in [1.82, 2.24) is 5.32 Å². The molecule has 232 valence electrons. The fourth-order valence-electron chi connectivity index (χ4n) is 4.62. The minimum atomic E-state index is -0.878. The maximum atomic E-state index is 12.2. The molecule has 0 fully saturated rings. The Morgan fingerprint density at radius 2 is 0.975 bits per heavy atom. The molecule has 2 atom stereocenters. The third kappa shape index (κ3) is 27.9. The molecule has 0 saturated heterocycles. The molecule has 2 unspecified atom stereocenters. The number of nitrogens with one attached hydrogen (secondary N) is 1. The number of aliphatic hydroxyl groups excluding tert-OH is 2. The van der Waals surface area contributed by atoms with E-state index in [1.807, 2.05) is 6.08 Å². The summed E-state index contributed by atoms with van der Waals surface area (Å²) in [5.74, 6) is -0.118. The summed E-state index contributed by atoms with van der Waals surface area (Å²) in [5.41, 5.74) is 0. The smallest absolute Gasteiger partial charge is 0.220 e. The van der Waals surface area contributed by atoms with Crippen LogP contribution in [0, 0.1) is 0 Å². The lowest BCUT2D eigenvalue weighted by Gasteiger charge is -2.19. The van der Waals surface area contributed by atoms with E-state index in [4.69, 9.17) is 0 Å². The Morgan fingerprint density at radius 3 is 1.48 bits per heavy atom. The van der Waals surface area contributed by atoms with E-state index >= 15 is 0 Å². The van der Waals surface area contributed by atoms with Crippen LogP contribution in [0.1, 0.15) is 155 Å². The molecular formula is C36H65NO3. The van der Waals surface area contributed by atoms with E-state index < -0.39 is 12.1 Å². The minimum absolute atomic E-state index is 0.118. The van der Waals surface area contributed by atoms with Gasteiger partial charge in [0.2, 0.25) is 5.91 Å². The molecule has 0 aliphatic heterocycles. The number of carbonyl (C=O) groups is 1. The van der Waals surface area contributed by atoms with Crippen LogP contribution in [0.3, 0.4) is 0 Å². The van der Waals surface area contributed by atoms with Gasteiger partial charge in [-0.2, -0.15) is 0 Å². The Balaban J connectivity index is 3.76. The lowest BCUT2D eigenvalue weighted by molar-refractivity contribution is -0.122. The molecule has 40 heavy (non-hydrogen) atoms. The number of carbonyl (C=O) groups excluding carboxylic acids is 1. The van der Waals surface area contributed by atoms with Crippen molar-refractivity contribution in [2.45, 2.75) is 167 Å². The average Bonchev–Trinajstić information content (AvgIpc) is 2.96. The fourth-order valence-corrected chi connectivity index (χ4v) is 4.62. The fraction of sp³-hybridized carbons (Fsp3) is 0.750. The maximum absolute atomic E-state index is 12.2. The highest BCUT2D eigenvalue weighted by molar-refractivity contribution is 5.76. The molecule has 1 amide bonds. The van der Waals surface area contributed by atoms with Crippen molar-refractivity contribution in [3.63, 3.8) is 0 Å². The standard InChI is InChI=1S/C36H65NO3/c1-3-5-7-9-11-13-14-15-16-17-18-19-20-21-22-24-25-27-29-31-35(39)34(33-38)37-36(40)32-30-28-26-23-12-10-8-6-4-2/h18-19,22-24,26,29,31,34-35,38-39H,3-17,20-21,25,27-28,30,32-33H2,1-2H3,(H,37,40)/b19-18+,24-22+,26-23-,31-29+. The van der Waals surface area contributed by atoms with Gasteiger partial charge >= 0.3 is 0 Å². The van der Waals surface area contributed by atoms with Gasteiger partial charge in [0.1, 0.15) is 0 Å². The largest absolute Gasteiger partial charge is 0.394 e. The topological polar surface area (TPSA) is 69.6 Å². The first-order valence-corrected chi connectivity index (χ1v) is 16.9. The van der Waals surface area contributed by atoms with Crippen LogP contribution in [0.2, 0.25) is 0 Å². The molecular weight excluding hydrogens is 494 g/mol. The quantitative estimate of drug-likeness (QED) is 0.0631. The van der Waals surface area contributed by atoms with E-state index in [-0.39, 0.29) is 12.5 Å². The molecule has 4 nitrogen and oxygen atoms in total. The number of rotatable bonds is 29. The van der Waals surface area contributed by atoms with Crippen LogP contribution in [0.25, 0.3) is 0 Å². The van der Waals surface area contributed by atoms with Gasteiger partial charge in [0.05, 0.1) is 18.8 Å². The number of unbranched alkanes of at least 4 members (excludes halogenated alkanes) is 16. The molecule has 0 radical (unpaired) electrons. The zero-order chi connectivity index (χ0) is 29.4. The number of aliphatic hydroxyl groups is 2. The Hall–Kier alpha value is -1.65. The Morgan fingerprint density at radius 1 is 0.575 bits per heavy atom. The van der Waals surface area contributed by atoms with E-state index in [1.54, 1.807) is 6.08 Å². The first-order chi connectivity index (χ1) is 19.7. The van der Waals surface area contributed by atoms with Crippen molar-refractivity contribution in [1.29, 1.82) is 0 Å². The van der Waals surface area contributed by atoms with Gasteiger partial charge in [0, 0.05) is 6.42 Å². The van der Waals surface area contributed by atoms with Crippen molar-refractivity contribution in [2.24, 2.45) is 0 Å². The Labute approximate surface area is 248 Å². The van der Waals surface area contributed by atoms with Crippen molar-refractivity contribution in [2.75, 3.05) is 6.61 Å². The predicted molar refractivity (Wildman–Crippen MR) is 175 cm³/mol. The van der Waals surface area contributed by atoms with Gasteiger partial charge in [-0.05, 0) is 64.2 Å². The molecule has 4 heteroatoms. The van der Waals surface area contributed by atoms with Gasteiger partial charge in [-0.3, -0.25) is 4.79 Å². The van der Waals surface area contributed by atoms with Crippen LogP contribution in [-0.4, -0.2) is 34.9 Å². The second-order valence-corrected chi connectivity index (χ2v) is 11.2. The summed E-state index contributed by atoms with van der Waals surface area (Å²) in [6.45, 7) is 4.22. The summed E-state index contributed by atoms with van der Waals surface area (Å²) in [4.78, 5) is 12.2. The average molecular weight is 560 g/mol. The highest BCUT2D eigenvalue weighted by Gasteiger charge is 2.17. The highest BCUT2D eigenvalue weighted by Crippen LogP contribution is 2.11. The van der Waals surface area contributed by atoms with Crippen molar-refractivity contribution in [3.8, 4) is 0 Å². The SMILES string of the molecule is CCCCCC/C=C\CCCC(=O)NC(CO)C(O)/C=C/CC/C=C/CC/C=C/CCCCCCCCCCC. The van der Waals surface area contributed by atoms with E-state index in [0.717, 1.165) is 44.9 Å².